The van der Waals surface area contributed by atoms with Gasteiger partial charge in [-0.25, -0.2) is 8.42 Å². The Balaban J connectivity index is 0.0000120. The summed E-state index contributed by atoms with van der Waals surface area (Å²) in [6, 6.07) is 4.07. The molecule has 2 aromatic rings. The van der Waals surface area contributed by atoms with E-state index < -0.39 is 86.0 Å². The van der Waals surface area contributed by atoms with Crippen LogP contribution < -0.4 is 34.3 Å². The number of unbranched alkanes of at least 4 members (excludes halogenated alkanes) is 1. The Morgan fingerprint density at radius 3 is 1.41 bits per heavy atom. The Morgan fingerprint density at radius 1 is 0.592 bits per heavy atom. The summed E-state index contributed by atoms with van der Waals surface area (Å²) >= 11 is 0. The van der Waals surface area contributed by atoms with E-state index in [2.05, 4.69) is 0 Å². The second-order valence-electron chi connectivity index (χ2n) is 9.75. The van der Waals surface area contributed by atoms with Crippen LogP contribution in [0.3, 0.4) is 0 Å². The van der Waals surface area contributed by atoms with Crippen LogP contribution in [0.2, 0.25) is 0 Å². The van der Waals surface area contributed by atoms with Gasteiger partial charge in [0.15, 0.2) is 5.78 Å². The van der Waals surface area contributed by atoms with Crippen molar-refractivity contribution in [3.63, 3.8) is 0 Å². The van der Waals surface area contributed by atoms with Crippen molar-refractivity contribution in [3.05, 3.63) is 59.7 Å². The van der Waals surface area contributed by atoms with Gasteiger partial charge in [0, 0.05) is 17.5 Å². The SMILES string of the molecule is O=C(CCCCOc1ccc(S(=O)(=O)[O-])cc1)c1ccc(C(F)(F)C(F)(F)C(F)(F)C(F)(F)C(F)(F)C(F)(F)C(F)(F)C(F)(F)F)cc1.[Na+]. The molecule has 0 N–H and O–H groups in total. The van der Waals surface area contributed by atoms with E-state index in [0.717, 1.165) is 24.3 Å². The maximum absolute atomic E-state index is 14.4. The van der Waals surface area contributed by atoms with E-state index in [-0.39, 0.29) is 79.0 Å². The molecule has 0 saturated carbocycles. The number of halogens is 17. The quantitative estimate of drug-likeness (QED) is 0.0787. The van der Waals surface area contributed by atoms with Crippen LogP contribution in [0.25, 0.3) is 0 Å². The second kappa shape index (κ2) is 14.3. The van der Waals surface area contributed by atoms with Gasteiger partial charge in [-0.2, -0.15) is 74.6 Å². The van der Waals surface area contributed by atoms with Crippen LogP contribution in [0.15, 0.2) is 53.4 Å². The number of rotatable bonds is 15. The van der Waals surface area contributed by atoms with Crippen molar-refractivity contribution in [1.29, 1.82) is 0 Å². The van der Waals surface area contributed by atoms with Gasteiger partial charge in [0.05, 0.1) is 11.5 Å². The Labute approximate surface area is 285 Å². The average molecular weight is 774 g/mol. The summed E-state index contributed by atoms with van der Waals surface area (Å²) in [4.78, 5) is 11.7. The topological polar surface area (TPSA) is 83.5 Å². The van der Waals surface area contributed by atoms with Crippen LogP contribution in [0.4, 0.5) is 74.6 Å². The van der Waals surface area contributed by atoms with E-state index in [9.17, 15) is 92.4 Å². The van der Waals surface area contributed by atoms with E-state index in [1.54, 1.807) is 0 Å². The number of hydrogen-bond acceptors (Lipinski definition) is 5. The summed E-state index contributed by atoms with van der Waals surface area (Å²) in [5.74, 6) is -58.2. The van der Waals surface area contributed by atoms with Gasteiger partial charge in [-0.3, -0.25) is 4.79 Å². The number of carbonyl (C=O) groups excluding carboxylic acids is 1. The third kappa shape index (κ3) is 7.93. The summed E-state index contributed by atoms with van der Waals surface area (Å²) < 4.78 is 267. The average Bonchev–Trinajstić information content (AvgIpc) is 2.95. The Morgan fingerprint density at radius 2 is 1.00 bits per heavy atom. The van der Waals surface area contributed by atoms with Crippen LogP contribution in [0.1, 0.15) is 35.2 Å². The number of benzene rings is 2. The molecule has 0 aliphatic heterocycles. The largest absolute Gasteiger partial charge is 1.00 e. The van der Waals surface area contributed by atoms with E-state index in [1.165, 1.54) is 0 Å². The van der Waals surface area contributed by atoms with Crippen molar-refractivity contribution in [3.8, 4) is 5.75 Å². The molecule has 2 aromatic carbocycles. The molecule has 0 fully saturated rings. The smallest absolute Gasteiger partial charge is 0.744 e. The molecule has 0 heterocycles. The molecule has 272 valence electrons. The number of hydrogen-bond donors (Lipinski definition) is 0. The normalized spacial score (nSPS) is 14.3. The maximum atomic E-state index is 14.4. The zero-order valence-electron chi connectivity index (χ0n) is 23.8. The second-order valence-corrected chi connectivity index (χ2v) is 11.1. The fourth-order valence-electron chi connectivity index (χ4n) is 3.64. The molecule has 0 atom stereocenters. The van der Waals surface area contributed by atoms with Crippen molar-refractivity contribution in [1.82, 2.24) is 0 Å². The molecule has 0 aromatic heterocycles. The molecular formula is C25H16F17NaO5S. The summed E-state index contributed by atoms with van der Waals surface area (Å²) in [5, 5.41) is 0. The van der Waals surface area contributed by atoms with Crippen LogP contribution in [-0.2, 0) is 16.0 Å². The molecule has 0 aliphatic carbocycles. The minimum atomic E-state index is -8.73. The van der Waals surface area contributed by atoms with Crippen molar-refractivity contribution >= 4 is 15.9 Å². The van der Waals surface area contributed by atoms with Crippen molar-refractivity contribution in [2.24, 2.45) is 0 Å². The molecule has 0 amide bonds. The van der Waals surface area contributed by atoms with E-state index in [1.807, 2.05) is 0 Å². The first-order chi connectivity index (χ1) is 21.3. The minimum absolute atomic E-state index is 0. The number of carbonyl (C=O) groups is 1. The minimum Gasteiger partial charge on any atom is -0.744 e. The van der Waals surface area contributed by atoms with Crippen molar-refractivity contribution in [2.75, 3.05) is 6.61 Å². The predicted octanol–water partition coefficient (Wildman–Crippen LogP) is 5.49. The zero-order valence-corrected chi connectivity index (χ0v) is 26.6. The number of alkyl halides is 17. The predicted molar refractivity (Wildman–Crippen MR) is 124 cm³/mol. The Bertz CT molecular complexity index is 1560. The van der Waals surface area contributed by atoms with Gasteiger partial charge >= 0.3 is 77.2 Å². The van der Waals surface area contributed by atoms with Gasteiger partial charge in [-0.15, -0.1) is 0 Å². The van der Waals surface area contributed by atoms with Crippen LogP contribution >= 0.6 is 0 Å². The molecule has 0 unspecified atom stereocenters. The van der Waals surface area contributed by atoms with E-state index >= 15 is 0 Å². The van der Waals surface area contributed by atoms with Gasteiger partial charge in [-0.1, -0.05) is 24.3 Å². The molecule has 0 bridgehead atoms. The molecule has 0 spiro atoms. The first-order valence-electron chi connectivity index (χ1n) is 12.4. The zero-order chi connectivity index (χ0) is 37.6. The van der Waals surface area contributed by atoms with Gasteiger partial charge < -0.3 is 9.29 Å². The molecule has 5 nitrogen and oxygen atoms in total. The fourth-order valence-corrected chi connectivity index (χ4v) is 4.10. The summed E-state index contributed by atoms with van der Waals surface area (Å²) in [7, 11) is -4.73. The van der Waals surface area contributed by atoms with Gasteiger partial charge in [0.2, 0.25) is 0 Å². The Kier molecular flexibility index (Phi) is 13.1. The fraction of sp³-hybridized carbons (Fsp3) is 0.480. The summed E-state index contributed by atoms with van der Waals surface area (Å²) in [6.45, 7) is -0.116. The number of Topliss-reactive ketones (excluding diaryl/α,β-unsaturated/α-hetero) is 1. The monoisotopic (exact) mass is 774 g/mol. The third-order valence-corrected chi connectivity index (χ3v) is 7.32. The van der Waals surface area contributed by atoms with Crippen LogP contribution in [-0.4, -0.2) is 67.1 Å². The number of ether oxygens (including phenoxy) is 1. The van der Waals surface area contributed by atoms with E-state index in [0.29, 0.717) is 0 Å². The third-order valence-electron chi connectivity index (χ3n) is 6.47. The summed E-state index contributed by atoms with van der Waals surface area (Å²) in [5.41, 5.74) is -3.04. The molecule has 24 heteroatoms. The summed E-state index contributed by atoms with van der Waals surface area (Å²) in [6.07, 6.45) is -8.22. The molecule has 0 saturated heterocycles. The van der Waals surface area contributed by atoms with Gasteiger partial charge in [0.25, 0.3) is 0 Å². The molecule has 49 heavy (non-hydrogen) atoms. The molecule has 0 aliphatic rings. The number of ketones is 1. The molecule has 0 radical (unpaired) electrons. The maximum Gasteiger partial charge on any atom is 1.00 e. The standard InChI is InChI=1S/C25H17F17O5S.Na/c26-18(27,19(28,29)20(30,31)21(32,33)22(34,35)23(36,37)24(38,39)25(40,41)42)14-6-4-13(5-7-14)17(43)3-1-2-12-47-15-8-10-16(11-9-15)48(44,45)46;/h4-11H,1-3,12H2,(H,44,45,46);/q;+1/p-1. The Hall–Kier alpha value is -2.37. The van der Waals surface area contributed by atoms with Crippen molar-refractivity contribution in [2.45, 2.75) is 71.8 Å². The van der Waals surface area contributed by atoms with Gasteiger partial charge in [-0.05, 0) is 37.1 Å². The van der Waals surface area contributed by atoms with Crippen molar-refractivity contribution < 1.29 is 127 Å². The van der Waals surface area contributed by atoms with Crippen LogP contribution in [0.5, 0.6) is 5.75 Å². The first kappa shape index (κ1) is 44.7. The molecule has 2 rings (SSSR count). The molecular weight excluding hydrogens is 758 g/mol. The van der Waals surface area contributed by atoms with Crippen LogP contribution in [0, 0.1) is 0 Å². The van der Waals surface area contributed by atoms with E-state index in [4.69, 9.17) is 4.74 Å². The van der Waals surface area contributed by atoms with Gasteiger partial charge in [0.1, 0.15) is 15.9 Å². The first-order valence-corrected chi connectivity index (χ1v) is 13.8.